The van der Waals surface area contributed by atoms with Crippen molar-refractivity contribution in [2.45, 2.75) is 18.6 Å². The van der Waals surface area contributed by atoms with Gasteiger partial charge in [0.2, 0.25) is 5.75 Å². The topological polar surface area (TPSA) is 135 Å². The number of carbonyl (C=O) groups is 1. The first-order chi connectivity index (χ1) is 16.3. The molecule has 4 N–H and O–H groups in total. The molecule has 3 rings (SSSR count). The van der Waals surface area contributed by atoms with Crippen molar-refractivity contribution in [3.05, 3.63) is 71.3 Å². The number of aliphatic hydroxyl groups is 1. The number of hydrogen-bond acceptors (Lipinski definition) is 9. The Hall–Kier alpha value is -4.11. The molecule has 0 saturated carbocycles. The van der Waals surface area contributed by atoms with Gasteiger partial charge >= 0.3 is 5.97 Å². The van der Waals surface area contributed by atoms with E-state index in [1.54, 1.807) is 12.1 Å². The maximum Gasteiger partial charge on any atom is 0.338 e. The smallest absolute Gasteiger partial charge is 0.338 e. The molecule has 3 aromatic rings. The van der Waals surface area contributed by atoms with Crippen molar-refractivity contribution >= 4 is 5.97 Å². The molecule has 0 amide bonds. The number of aliphatic hydroxyl groups excluding tert-OH is 1. The molecule has 9 nitrogen and oxygen atoms in total. The molecule has 0 unspecified atom stereocenters. The summed E-state index contributed by atoms with van der Waals surface area (Å²) in [5, 5.41) is 40.6. The highest BCUT2D eigenvalue weighted by atomic mass is 16.6. The van der Waals surface area contributed by atoms with E-state index in [0.29, 0.717) is 11.1 Å². The first kappa shape index (κ1) is 24.5. The van der Waals surface area contributed by atoms with Crippen LogP contribution in [0, 0.1) is 0 Å². The van der Waals surface area contributed by atoms with E-state index in [1.165, 1.54) is 63.8 Å². The Bertz CT molecular complexity index is 1120. The predicted molar refractivity (Wildman–Crippen MR) is 122 cm³/mol. The SMILES string of the molecule is COc1cc(O)ccc1[C@@H](O)[C@H](Cc1ccc(O)cc1)OC(=O)c1cc(OC)c(O)c(OC)c1. The summed E-state index contributed by atoms with van der Waals surface area (Å²) in [7, 11) is 4.05. The third-order valence-corrected chi connectivity index (χ3v) is 5.24. The van der Waals surface area contributed by atoms with E-state index in [9.17, 15) is 25.2 Å². The number of rotatable bonds is 9. The van der Waals surface area contributed by atoms with Crippen LogP contribution in [-0.4, -0.2) is 53.8 Å². The molecule has 34 heavy (non-hydrogen) atoms. The van der Waals surface area contributed by atoms with Crippen molar-refractivity contribution in [1.29, 1.82) is 0 Å². The number of esters is 1. The van der Waals surface area contributed by atoms with Crippen LogP contribution in [0.3, 0.4) is 0 Å². The van der Waals surface area contributed by atoms with Gasteiger partial charge in [-0.05, 0) is 42.0 Å². The number of hydrogen-bond donors (Lipinski definition) is 4. The van der Waals surface area contributed by atoms with Crippen molar-refractivity contribution in [3.63, 3.8) is 0 Å². The van der Waals surface area contributed by atoms with Gasteiger partial charge < -0.3 is 39.4 Å². The Morgan fingerprint density at radius 1 is 0.794 bits per heavy atom. The van der Waals surface area contributed by atoms with Crippen molar-refractivity contribution < 1.29 is 44.2 Å². The van der Waals surface area contributed by atoms with Gasteiger partial charge in [0.25, 0.3) is 0 Å². The van der Waals surface area contributed by atoms with Gasteiger partial charge in [-0.15, -0.1) is 0 Å². The van der Waals surface area contributed by atoms with E-state index in [4.69, 9.17) is 18.9 Å². The minimum Gasteiger partial charge on any atom is -0.508 e. The fourth-order valence-electron chi connectivity index (χ4n) is 3.44. The van der Waals surface area contributed by atoms with Crippen LogP contribution in [0.1, 0.15) is 27.6 Å². The molecule has 180 valence electrons. The standard InChI is InChI=1S/C25H26O9/c1-31-19-13-17(27)8-9-18(19)23(28)22(10-14-4-6-16(26)7-5-14)34-25(30)15-11-20(32-2)24(29)21(12-15)33-3/h4-9,11-13,22-23,26-29H,10H2,1-3H3/t22-,23+/m0/s1. The molecule has 0 aliphatic carbocycles. The van der Waals surface area contributed by atoms with Crippen LogP contribution in [0.25, 0.3) is 0 Å². The van der Waals surface area contributed by atoms with E-state index in [-0.39, 0.29) is 46.5 Å². The van der Waals surface area contributed by atoms with Gasteiger partial charge in [-0.3, -0.25) is 0 Å². The Kier molecular flexibility index (Phi) is 7.70. The maximum absolute atomic E-state index is 13.1. The number of phenolic OH excluding ortho intramolecular Hbond substituents is 3. The molecule has 0 saturated heterocycles. The first-order valence-electron chi connectivity index (χ1n) is 10.3. The van der Waals surface area contributed by atoms with Gasteiger partial charge in [-0.2, -0.15) is 0 Å². The third kappa shape index (κ3) is 5.44. The lowest BCUT2D eigenvalue weighted by Crippen LogP contribution is -2.28. The summed E-state index contributed by atoms with van der Waals surface area (Å²) in [5.74, 6) is -0.797. The fraction of sp³-hybridized carbons (Fsp3) is 0.240. The average molecular weight is 470 g/mol. The van der Waals surface area contributed by atoms with Gasteiger partial charge in [-0.1, -0.05) is 12.1 Å². The van der Waals surface area contributed by atoms with Crippen molar-refractivity contribution in [3.8, 4) is 34.5 Å². The van der Waals surface area contributed by atoms with E-state index < -0.39 is 18.2 Å². The number of methoxy groups -OCH3 is 3. The zero-order valence-electron chi connectivity index (χ0n) is 18.9. The van der Waals surface area contributed by atoms with E-state index >= 15 is 0 Å². The van der Waals surface area contributed by atoms with Crippen LogP contribution in [0.2, 0.25) is 0 Å². The van der Waals surface area contributed by atoms with Crippen LogP contribution < -0.4 is 14.2 Å². The highest BCUT2D eigenvalue weighted by Gasteiger charge is 2.29. The molecule has 9 heteroatoms. The average Bonchev–Trinajstić information content (AvgIpc) is 2.84. The molecule has 0 fully saturated rings. The number of carbonyl (C=O) groups excluding carboxylic acids is 1. The second-order valence-electron chi connectivity index (χ2n) is 7.41. The van der Waals surface area contributed by atoms with Crippen LogP contribution in [0.15, 0.2) is 54.6 Å². The van der Waals surface area contributed by atoms with E-state index in [0.717, 1.165) is 0 Å². The van der Waals surface area contributed by atoms with Crippen LogP contribution >= 0.6 is 0 Å². The highest BCUT2D eigenvalue weighted by molar-refractivity contribution is 5.91. The first-order valence-corrected chi connectivity index (χ1v) is 10.3. The van der Waals surface area contributed by atoms with Crippen molar-refractivity contribution in [2.24, 2.45) is 0 Å². The lowest BCUT2D eigenvalue weighted by Gasteiger charge is -2.25. The third-order valence-electron chi connectivity index (χ3n) is 5.24. The summed E-state index contributed by atoms with van der Waals surface area (Å²) in [6, 6.07) is 13.0. The van der Waals surface area contributed by atoms with Crippen LogP contribution in [-0.2, 0) is 11.2 Å². The minimum atomic E-state index is -1.32. The minimum absolute atomic E-state index is 0.0159. The lowest BCUT2D eigenvalue weighted by atomic mass is 9.97. The van der Waals surface area contributed by atoms with Crippen LogP contribution in [0.5, 0.6) is 34.5 Å². The molecule has 0 bridgehead atoms. The second-order valence-corrected chi connectivity index (χ2v) is 7.41. The molecular formula is C25H26O9. The predicted octanol–water partition coefficient (Wildman–Crippen LogP) is 3.33. The zero-order chi connectivity index (χ0) is 24.8. The molecular weight excluding hydrogens is 444 g/mol. The van der Waals surface area contributed by atoms with E-state index in [1.807, 2.05) is 0 Å². The number of aromatic hydroxyl groups is 3. The van der Waals surface area contributed by atoms with Gasteiger partial charge in [0.05, 0.1) is 26.9 Å². The normalized spacial score (nSPS) is 12.5. The maximum atomic E-state index is 13.1. The fourth-order valence-corrected chi connectivity index (χ4v) is 3.44. The van der Waals surface area contributed by atoms with Crippen molar-refractivity contribution in [1.82, 2.24) is 0 Å². The zero-order valence-corrected chi connectivity index (χ0v) is 18.9. The molecule has 0 heterocycles. The van der Waals surface area contributed by atoms with Gasteiger partial charge in [0, 0.05) is 18.1 Å². The molecule has 3 aromatic carbocycles. The van der Waals surface area contributed by atoms with Gasteiger partial charge in [0.15, 0.2) is 11.5 Å². The summed E-state index contributed by atoms with van der Waals surface area (Å²) < 4.78 is 21.2. The molecule has 0 spiro atoms. The largest absolute Gasteiger partial charge is 0.508 e. The molecule has 2 atom stereocenters. The number of phenols is 3. The molecule has 0 aliphatic heterocycles. The van der Waals surface area contributed by atoms with Gasteiger partial charge in [-0.25, -0.2) is 4.79 Å². The van der Waals surface area contributed by atoms with Crippen LogP contribution in [0.4, 0.5) is 0 Å². The summed E-state index contributed by atoms with van der Waals surface area (Å²) in [6.45, 7) is 0. The monoisotopic (exact) mass is 470 g/mol. The lowest BCUT2D eigenvalue weighted by molar-refractivity contribution is -0.0198. The molecule has 0 radical (unpaired) electrons. The molecule has 0 aromatic heterocycles. The Balaban J connectivity index is 1.97. The summed E-state index contributed by atoms with van der Waals surface area (Å²) in [4.78, 5) is 13.1. The Labute approximate surface area is 196 Å². The van der Waals surface area contributed by atoms with E-state index in [2.05, 4.69) is 0 Å². The quantitative estimate of drug-likeness (QED) is 0.347. The summed E-state index contributed by atoms with van der Waals surface area (Å²) in [5.41, 5.74) is 1.03. The number of benzene rings is 3. The Morgan fingerprint density at radius 3 is 1.91 bits per heavy atom. The summed E-state index contributed by atoms with van der Waals surface area (Å²) >= 11 is 0. The van der Waals surface area contributed by atoms with Gasteiger partial charge in [0.1, 0.15) is 29.5 Å². The summed E-state index contributed by atoms with van der Waals surface area (Å²) in [6.07, 6.45) is -2.31. The van der Waals surface area contributed by atoms with Crippen molar-refractivity contribution in [2.75, 3.05) is 21.3 Å². The number of ether oxygens (including phenoxy) is 4. The second kappa shape index (κ2) is 10.7. The Morgan fingerprint density at radius 2 is 1.35 bits per heavy atom. The molecule has 0 aliphatic rings. The highest BCUT2D eigenvalue weighted by Crippen LogP contribution is 2.38.